The number of ether oxygens (including phenoxy) is 1. The molecule has 0 radical (unpaired) electrons. The lowest BCUT2D eigenvalue weighted by Gasteiger charge is -2.43. The summed E-state index contributed by atoms with van der Waals surface area (Å²) in [5, 5.41) is 0. The third kappa shape index (κ3) is 5.64. The summed E-state index contributed by atoms with van der Waals surface area (Å²) in [6.45, 7) is 12.2. The molecule has 1 aromatic carbocycles. The monoisotopic (exact) mass is 451 g/mol. The van der Waals surface area contributed by atoms with Crippen LogP contribution in [-0.4, -0.2) is 64.2 Å². The van der Waals surface area contributed by atoms with Crippen LogP contribution in [0.3, 0.4) is 0 Å². The quantitative estimate of drug-likeness (QED) is 0.697. The van der Waals surface area contributed by atoms with Gasteiger partial charge < -0.3 is 14.5 Å². The third-order valence-electron chi connectivity index (χ3n) is 6.72. The molecule has 2 aromatic rings. The summed E-state index contributed by atoms with van der Waals surface area (Å²) in [4.78, 5) is 28.4. The highest BCUT2D eigenvalue weighted by molar-refractivity contribution is 5.69. The number of aromatic nitrogens is 2. The van der Waals surface area contributed by atoms with Crippen LogP contribution in [0.4, 0.5) is 10.6 Å². The fraction of sp³-hybridized carbons (Fsp3) is 0.577. The molecule has 2 atom stereocenters. The molecule has 0 bridgehead atoms. The van der Waals surface area contributed by atoms with Crippen LogP contribution in [-0.2, 0) is 24.2 Å². The first-order valence-electron chi connectivity index (χ1n) is 12.0. The predicted molar refractivity (Wildman–Crippen MR) is 130 cm³/mol. The fourth-order valence-electron chi connectivity index (χ4n) is 4.88. The van der Waals surface area contributed by atoms with Crippen LogP contribution < -0.4 is 4.90 Å². The van der Waals surface area contributed by atoms with E-state index in [-0.39, 0.29) is 6.09 Å². The van der Waals surface area contributed by atoms with Gasteiger partial charge in [0.15, 0.2) is 0 Å². The summed E-state index contributed by atoms with van der Waals surface area (Å²) in [7, 11) is 2.16. The number of hydrogen-bond donors (Lipinski definition) is 0. The molecule has 1 aromatic heterocycles. The second-order valence-electron chi connectivity index (χ2n) is 10.4. The highest BCUT2D eigenvalue weighted by Crippen LogP contribution is 2.31. The van der Waals surface area contributed by atoms with E-state index in [1.165, 1.54) is 12.0 Å². The number of benzene rings is 1. The average molecular weight is 452 g/mol. The molecule has 2 aliphatic heterocycles. The maximum atomic E-state index is 12.6. The van der Waals surface area contributed by atoms with E-state index in [0.717, 1.165) is 43.1 Å². The third-order valence-corrected chi connectivity index (χ3v) is 6.72. The number of hydrogen-bond acceptors (Lipinski definition) is 6. The van der Waals surface area contributed by atoms with Crippen molar-refractivity contribution < 1.29 is 9.53 Å². The van der Waals surface area contributed by atoms with Gasteiger partial charge in [0.1, 0.15) is 17.7 Å². The summed E-state index contributed by atoms with van der Waals surface area (Å²) in [6.07, 6.45) is 3.27. The zero-order chi connectivity index (χ0) is 23.6. The molecule has 1 saturated heterocycles. The molecular formula is C26H37N5O2. The summed E-state index contributed by atoms with van der Waals surface area (Å²) < 4.78 is 5.57. The highest BCUT2D eigenvalue weighted by Gasteiger charge is 2.33. The summed E-state index contributed by atoms with van der Waals surface area (Å²) in [5.74, 6) is 1.58. The van der Waals surface area contributed by atoms with Gasteiger partial charge in [-0.1, -0.05) is 37.3 Å². The molecule has 0 aliphatic carbocycles. The topological polar surface area (TPSA) is 61.8 Å². The van der Waals surface area contributed by atoms with Gasteiger partial charge in [0.05, 0.1) is 12.2 Å². The Labute approximate surface area is 197 Å². The van der Waals surface area contributed by atoms with E-state index in [1.807, 2.05) is 20.8 Å². The Hall–Kier alpha value is -2.67. The van der Waals surface area contributed by atoms with Gasteiger partial charge in [-0.2, -0.15) is 0 Å². The van der Waals surface area contributed by atoms with Gasteiger partial charge in [0, 0.05) is 38.3 Å². The average Bonchev–Trinajstić information content (AvgIpc) is 2.78. The second-order valence-corrected chi connectivity index (χ2v) is 10.4. The Morgan fingerprint density at radius 2 is 1.94 bits per heavy atom. The van der Waals surface area contributed by atoms with Crippen molar-refractivity contribution in [3.8, 4) is 0 Å². The zero-order valence-corrected chi connectivity index (χ0v) is 20.6. The number of rotatable bonds is 4. The van der Waals surface area contributed by atoms with E-state index in [0.29, 0.717) is 25.0 Å². The minimum Gasteiger partial charge on any atom is -0.444 e. The lowest BCUT2D eigenvalue weighted by Crippen LogP contribution is -2.51. The standard InChI is InChI=1S/C26H37N5O2/c1-19-11-13-30(15-20-9-7-6-8-10-20)17-23(19)29(5)24-21-12-14-31(16-22(21)27-18-28-24)25(32)33-26(2,3)4/h6-10,18-19,23H,11-17H2,1-5H3/t19-,23?/m1/s1. The number of piperidine rings is 1. The molecule has 33 heavy (non-hydrogen) atoms. The van der Waals surface area contributed by atoms with Crippen LogP contribution in [0.5, 0.6) is 0 Å². The van der Waals surface area contributed by atoms with Crippen LogP contribution in [0.2, 0.25) is 0 Å². The molecule has 1 amide bonds. The lowest BCUT2D eigenvalue weighted by atomic mass is 9.91. The maximum absolute atomic E-state index is 12.6. The minimum atomic E-state index is -0.503. The van der Waals surface area contributed by atoms with Crippen molar-refractivity contribution >= 4 is 11.9 Å². The Balaban J connectivity index is 1.48. The number of likely N-dealkylation sites (N-methyl/N-ethyl adjacent to an activating group) is 1. The predicted octanol–water partition coefficient (Wildman–Crippen LogP) is 4.12. The number of anilines is 1. The van der Waals surface area contributed by atoms with Crippen molar-refractivity contribution in [3.63, 3.8) is 0 Å². The Bertz CT molecular complexity index is 959. The molecule has 3 heterocycles. The molecule has 0 saturated carbocycles. The van der Waals surface area contributed by atoms with E-state index in [9.17, 15) is 4.79 Å². The van der Waals surface area contributed by atoms with Crippen LogP contribution >= 0.6 is 0 Å². The second kappa shape index (κ2) is 9.67. The van der Waals surface area contributed by atoms with Crippen LogP contribution in [0, 0.1) is 5.92 Å². The molecule has 4 rings (SSSR count). The van der Waals surface area contributed by atoms with E-state index in [1.54, 1.807) is 11.2 Å². The van der Waals surface area contributed by atoms with Crippen molar-refractivity contribution in [2.45, 2.75) is 65.3 Å². The molecule has 7 heteroatoms. The summed E-state index contributed by atoms with van der Waals surface area (Å²) >= 11 is 0. The molecule has 178 valence electrons. The molecule has 2 aliphatic rings. The van der Waals surface area contributed by atoms with Gasteiger partial charge in [0.25, 0.3) is 0 Å². The SMILES string of the molecule is C[C@@H]1CCN(Cc2ccccc2)CC1N(C)c1ncnc2c1CCN(C(=O)OC(C)(C)C)C2. The summed E-state index contributed by atoms with van der Waals surface area (Å²) in [6, 6.07) is 11.1. The largest absolute Gasteiger partial charge is 0.444 e. The fourth-order valence-corrected chi connectivity index (χ4v) is 4.88. The van der Waals surface area contributed by atoms with Crippen molar-refractivity contribution in [1.82, 2.24) is 19.8 Å². The van der Waals surface area contributed by atoms with Crippen LogP contribution in [0.1, 0.15) is 50.9 Å². The number of likely N-dealkylation sites (tertiary alicyclic amines) is 1. The molecular weight excluding hydrogens is 414 g/mol. The number of carbonyl (C=O) groups excluding carboxylic acids is 1. The van der Waals surface area contributed by atoms with E-state index >= 15 is 0 Å². The first kappa shape index (κ1) is 23.5. The first-order valence-corrected chi connectivity index (χ1v) is 12.0. The lowest BCUT2D eigenvalue weighted by molar-refractivity contribution is 0.0220. The zero-order valence-electron chi connectivity index (χ0n) is 20.6. The van der Waals surface area contributed by atoms with Crippen molar-refractivity contribution in [2.75, 3.05) is 31.6 Å². The minimum absolute atomic E-state index is 0.279. The molecule has 1 unspecified atom stereocenters. The number of amides is 1. The Morgan fingerprint density at radius 3 is 2.67 bits per heavy atom. The number of nitrogens with zero attached hydrogens (tertiary/aromatic N) is 5. The normalized spacial score (nSPS) is 21.4. The molecule has 0 N–H and O–H groups in total. The van der Waals surface area contributed by atoms with E-state index in [4.69, 9.17) is 9.72 Å². The van der Waals surface area contributed by atoms with Crippen molar-refractivity contribution in [3.05, 3.63) is 53.5 Å². The first-order chi connectivity index (χ1) is 15.7. The highest BCUT2D eigenvalue weighted by atomic mass is 16.6. The molecule has 7 nitrogen and oxygen atoms in total. The maximum Gasteiger partial charge on any atom is 0.410 e. The number of fused-ring (bicyclic) bond motifs is 1. The van der Waals surface area contributed by atoms with Gasteiger partial charge >= 0.3 is 6.09 Å². The Morgan fingerprint density at radius 1 is 1.18 bits per heavy atom. The van der Waals surface area contributed by atoms with Crippen LogP contribution in [0.25, 0.3) is 0 Å². The van der Waals surface area contributed by atoms with Gasteiger partial charge in [-0.15, -0.1) is 0 Å². The summed E-state index contributed by atoms with van der Waals surface area (Å²) in [5.41, 5.74) is 2.94. The molecule has 1 fully saturated rings. The Kier molecular flexibility index (Phi) is 6.88. The van der Waals surface area contributed by atoms with Crippen molar-refractivity contribution in [2.24, 2.45) is 5.92 Å². The van der Waals surface area contributed by atoms with Crippen LogP contribution in [0.15, 0.2) is 36.7 Å². The van der Waals surface area contributed by atoms with Gasteiger partial charge in [-0.3, -0.25) is 4.90 Å². The smallest absolute Gasteiger partial charge is 0.410 e. The van der Waals surface area contributed by atoms with Gasteiger partial charge in [-0.05, 0) is 51.6 Å². The van der Waals surface area contributed by atoms with E-state index < -0.39 is 5.60 Å². The molecule has 0 spiro atoms. The van der Waals surface area contributed by atoms with Crippen molar-refractivity contribution in [1.29, 1.82) is 0 Å². The van der Waals surface area contributed by atoms with E-state index in [2.05, 4.69) is 59.1 Å². The van der Waals surface area contributed by atoms with Gasteiger partial charge in [-0.25, -0.2) is 14.8 Å². The van der Waals surface area contributed by atoms with Gasteiger partial charge in [0.2, 0.25) is 0 Å². The number of carbonyl (C=O) groups is 1.